The Balaban J connectivity index is 0.000000817. The molecule has 1 amide bonds. The highest BCUT2D eigenvalue weighted by Crippen LogP contribution is 2.28. The maximum absolute atomic E-state index is 14.3. The van der Waals surface area contributed by atoms with E-state index in [4.69, 9.17) is 21.1 Å². The molecule has 2 aromatic carbocycles. The van der Waals surface area contributed by atoms with Gasteiger partial charge in [0.2, 0.25) is 0 Å². The standard InChI is InChI=1S/C16H11ClF2N2O2S.C2H4O/c1-20-16(22)14-9(18)3-4-11(15(14)19)23-7-13-21-10-6-8(17)2-5-12(10)24-13;1-2-3/h2-6H,7H2,1H3,(H,20,22);2H,1H3. The van der Waals surface area contributed by atoms with Gasteiger partial charge in [-0.1, -0.05) is 11.6 Å². The lowest BCUT2D eigenvalue weighted by Gasteiger charge is -2.09. The van der Waals surface area contributed by atoms with Crippen molar-refractivity contribution < 1.29 is 23.1 Å². The Kier molecular flexibility index (Phi) is 7.20. The van der Waals surface area contributed by atoms with E-state index in [1.165, 1.54) is 25.3 Å². The van der Waals surface area contributed by atoms with Gasteiger partial charge in [0.05, 0.1) is 10.2 Å². The van der Waals surface area contributed by atoms with Gasteiger partial charge in [-0.15, -0.1) is 11.3 Å². The van der Waals surface area contributed by atoms with Crippen molar-refractivity contribution in [3.63, 3.8) is 0 Å². The minimum atomic E-state index is -1.04. The minimum absolute atomic E-state index is 0.00724. The summed E-state index contributed by atoms with van der Waals surface area (Å²) in [5, 5.41) is 3.37. The number of carbonyl (C=O) groups is 2. The number of nitrogens with one attached hydrogen (secondary N) is 1. The van der Waals surface area contributed by atoms with Crippen LogP contribution < -0.4 is 10.1 Å². The predicted octanol–water partition coefficient (Wildman–Crippen LogP) is 4.37. The molecule has 0 spiro atoms. The predicted molar refractivity (Wildman–Crippen MR) is 100 cm³/mol. The molecule has 0 fully saturated rings. The monoisotopic (exact) mass is 412 g/mol. The first-order valence-electron chi connectivity index (χ1n) is 7.68. The Hall–Kier alpha value is -2.58. The lowest BCUT2D eigenvalue weighted by molar-refractivity contribution is -0.106. The average molecular weight is 413 g/mol. The van der Waals surface area contributed by atoms with E-state index < -0.39 is 23.1 Å². The van der Waals surface area contributed by atoms with Gasteiger partial charge < -0.3 is 14.8 Å². The molecule has 142 valence electrons. The molecule has 0 saturated carbocycles. The van der Waals surface area contributed by atoms with Crippen LogP contribution in [0, 0.1) is 11.6 Å². The Morgan fingerprint density at radius 2 is 2.04 bits per heavy atom. The quantitative estimate of drug-likeness (QED) is 0.646. The van der Waals surface area contributed by atoms with Crippen LogP contribution in [0.2, 0.25) is 5.02 Å². The van der Waals surface area contributed by atoms with E-state index in [1.807, 2.05) is 6.07 Å². The second-order valence-corrected chi connectivity index (χ2v) is 6.61. The molecule has 0 bridgehead atoms. The molecule has 9 heteroatoms. The van der Waals surface area contributed by atoms with Crippen LogP contribution >= 0.6 is 22.9 Å². The number of benzene rings is 2. The number of hydrogen-bond acceptors (Lipinski definition) is 5. The van der Waals surface area contributed by atoms with Crippen molar-refractivity contribution in [2.75, 3.05) is 7.05 Å². The number of thiazole rings is 1. The van der Waals surface area contributed by atoms with E-state index in [-0.39, 0.29) is 12.4 Å². The Bertz CT molecular complexity index is 979. The average Bonchev–Trinajstić information content (AvgIpc) is 3.03. The zero-order valence-electron chi connectivity index (χ0n) is 14.4. The normalized spacial score (nSPS) is 10.1. The number of carbonyl (C=O) groups excluding carboxylic acids is 2. The molecule has 27 heavy (non-hydrogen) atoms. The van der Waals surface area contributed by atoms with Gasteiger partial charge in [-0.05, 0) is 37.3 Å². The number of amides is 1. The van der Waals surface area contributed by atoms with Crippen LogP contribution in [0.5, 0.6) is 5.75 Å². The van der Waals surface area contributed by atoms with Gasteiger partial charge in [0.15, 0.2) is 11.6 Å². The molecule has 3 aromatic rings. The van der Waals surface area contributed by atoms with Crippen LogP contribution in [0.15, 0.2) is 30.3 Å². The maximum Gasteiger partial charge on any atom is 0.257 e. The summed E-state index contributed by atoms with van der Waals surface area (Å²) in [6, 6.07) is 7.43. The molecule has 5 nitrogen and oxygen atoms in total. The van der Waals surface area contributed by atoms with Crippen molar-refractivity contribution in [2.45, 2.75) is 13.5 Å². The first-order valence-corrected chi connectivity index (χ1v) is 8.88. The number of hydrogen-bond donors (Lipinski definition) is 1. The molecule has 1 heterocycles. The van der Waals surface area contributed by atoms with Crippen LogP contribution in [0.1, 0.15) is 22.3 Å². The summed E-state index contributed by atoms with van der Waals surface area (Å²) >= 11 is 7.29. The van der Waals surface area contributed by atoms with Gasteiger partial charge in [-0.3, -0.25) is 4.79 Å². The van der Waals surface area contributed by atoms with Gasteiger partial charge in [0.1, 0.15) is 29.3 Å². The van der Waals surface area contributed by atoms with E-state index in [2.05, 4.69) is 10.3 Å². The van der Waals surface area contributed by atoms with Crippen molar-refractivity contribution in [1.82, 2.24) is 10.3 Å². The highest BCUT2D eigenvalue weighted by molar-refractivity contribution is 7.18. The third-order valence-electron chi connectivity index (χ3n) is 3.25. The fourth-order valence-electron chi connectivity index (χ4n) is 2.13. The summed E-state index contributed by atoms with van der Waals surface area (Å²) in [6.45, 7) is 1.44. The van der Waals surface area contributed by atoms with Crippen LogP contribution in [0.4, 0.5) is 8.78 Å². The number of fused-ring (bicyclic) bond motifs is 1. The van der Waals surface area contributed by atoms with Crippen molar-refractivity contribution in [3.8, 4) is 5.75 Å². The van der Waals surface area contributed by atoms with Gasteiger partial charge in [-0.25, -0.2) is 13.8 Å². The number of rotatable bonds is 4. The molecule has 0 aliphatic heterocycles. The van der Waals surface area contributed by atoms with E-state index in [0.29, 0.717) is 10.0 Å². The third kappa shape index (κ3) is 4.99. The number of aromatic nitrogens is 1. The smallest absolute Gasteiger partial charge is 0.257 e. The number of ether oxygens (including phenoxy) is 1. The number of nitrogens with zero attached hydrogens (tertiary/aromatic N) is 1. The molecule has 0 radical (unpaired) electrons. The van der Waals surface area contributed by atoms with Crippen molar-refractivity contribution in [1.29, 1.82) is 0 Å². The molecule has 0 atom stereocenters. The number of aldehydes is 1. The largest absolute Gasteiger partial charge is 0.483 e. The van der Waals surface area contributed by atoms with Gasteiger partial charge in [-0.2, -0.15) is 0 Å². The molecule has 0 aliphatic carbocycles. The molecule has 3 rings (SSSR count). The SMILES string of the molecule is CC=O.CNC(=O)c1c(F)ccc(OCc2nc3cc(Cl)ccc3s2)c1F. The first kappa shape index (κ1) is 20.7. The topological polar surface area (TPSA) is 68.3 Å². The summed E-state index contributed by atoms with van der Waals surface area (Å²) in [4.78, 5) is 24.7. The second-order valence-electron chi connectivity index (χ2n) is 5.06. The molecule has 0 unspecified atom stereocenters. The third-order valence-corrected chi connectivity index (χ3v) is 4.50. The lowest BCUT2D eigenvalue weighted by atomic mass is 10.1. The highest BCUT2D eigenvalue weighted by Gasteiger charge is 2.20. The molecular weight excluding hydrogens is 398 g/mol. The fraction of sp³-hybridized carbons (Fsp3) is 0.167. The fourth-order valence-corrected chi connectivity index (χ4v) is 3.15. The van der Waals surface area contributed by atoms with E-state index >= 15 is 0 Å². The molecule has 1 N–H and O–H groups in total. The van der Waals surface area contributed by atoms with Crippen LogP contribution in [0.3, 0.4) is 0 Å². The van der Waals surface area contributed by atoms with Gasteiger partial charge >= 0.3 is 0 Å². The Morgan fingerprint density at radius 3 is 2.70 bits per heavy atom. The van der Waals surface area contributed by atoms with Crippen LogP contribution in [-0.2, 0) is 11.4 Å². The summed E-state index contributed by atoms with van der Waals surface area (Å²) in [5.41, 5.74) is 0.0443. The summed E-state index contributed by atoms with van der Waals surface area (Å²) in [5.74, 6) is -3.07. The zero-order chi connectivity index (χ0) is 20.0. The second kappa shape index (κ2) is 9.38. The zero-order valence-corrected chi connectivity index (χ0v) is 16.0. The molecule has 1 aromatic heterocycles. The molecule has 0 saturated heterocycles. The van der Waals surface area contributed by atoms with Gasteiger partial charge in [0.25, 0.3) is 5.91 Å². The molecule has 0 aliphatic rings. The minimum Gasteiger partial charge on any atom is -0.483 e. The van der Waals surface area contributed by atoms with Gasteiger partial charge in [0, 0.05) is 12.1 Å². The van der Waals surface area contributed by atoms with E-state index in [9.17, 15) is 13.6 Å². The summed E-state index contributed by atoms with van der Waals surface area (Å²) in [7, 11) is 1.29. The highest BCUT2D eigenvalue weighted by atomic mass is 35.5. The molecular formula is C18H15ClF2N2O3S. The number of halogens is 3. The lowest BCUT2D eigenvalue weighted by Crippen LogP contribution is -2.21. The Morgan fingerprint density at radius 1 is 1.33 bits per heavy atom. The summed E-state index contributed by atoms with van der Waals surface area (Å²) in [6.07, 6.45) is 0.750. The van der Waals surface area contributed by atoms with Crippen molar-refractivity contribution in [3.05, 3.63) is 57.6 Å². The van der Waals surface area contributed by atoms with Crippen LogP contribution in [0.25, 0.3) is 10.2 Å². The van der Waals surface area contributed by atoms with E-state index in [0.717, 1.165) is 28.6 Å². The first-order chi connectivity index (χ1) is 12.9. The van der Waals surface area contributed by atoms with E-state index in [1.54, 1.807) is 12.1 Å². The van der Waals surface area contributed by atoms with Crippen molar-refractivity contribution >= 4 is 45.3 Å². The maximum atomic E-state index is 14.3. The van der Waals surface area contributed by atoms with Crippen molar-refractivity contribution in [2.24, 2.45) is 0 Å². The summed E-state index contributed by atoms with van der Waals surface area (Å²) < 4.78 is 34.2. The Labute approximate surface area is 162 Å². The van der Waals surface area contributed by atoms with Crippen LogP contribution in [-0.4, -0.2) is 24.2 Å².